The molecule has 1 fully saturated rings. The summed E-state index contributed by atoms with van der Waals surface area (Å²) in [6.45, 7) is 2.37. The van der Waals surface area contributed by atoms with Crippen LogP contribution in [0.25, 0.3) is 11.3 Å². The first-order valence-electron chi connectivity index (χ1n) is 9.64. The Morgan fingerprint density at radius 2 is 2.04 bits per heavy atom. The molecule has 0 unspecified atom stereocenters. The van der Waals surface area contributed by atoms with Gasteiger partial charge in [0.25, 0.3) is 5.91 Å². The molecule has 4 heterocycles. The molecule has 1 amide bonds. The zero-order valence-corrected chi connectivity index (χ0v) is 15.7. The third kappa shape index (κ3) is 4.19. The van der Waals surface area contributed by atoms with Crippen molar-refractivity contribution in [2.45, 2.75) is 25.7 Å². The number of rotatable bonds is 6. The number of nitrogens with zero attached hydrogens (tertiary/aromatic N) is 4. The van der Waals surface area contributed by atoms with Crippen LogP contribution in [0.3, 0.4) is 0 Å². The highest BCUT2D eigenvalue weighted by Crippen LogP contribution is 2.24. The maximum Gasteiger partial charge on any atom is 0.255 e. The Morgan fingerprint density at radius 1 is 1.14 bits per heavy atom. The van der Waals surface area contributed by atoms with Gasteiger partial charge in [-0.15, -0.1) is 0 Å². The van der Waals surface area contributed by atoms with Crippen LogP contribution in [-0.2, 0) is 6.42 Å². The fourth-order valence-corrected chi connectivity index (χ4v) is 3.36. The van der Waals surface area contributed by atoms with Gasteiger partial charge in [0, 0.05) is 50.2 Å². The van der Waals surface area contributed by atoms with Crippen molar-refractivity contribution < 1.29 is 9.21 Å². The third-order valence-corrected chi connectivity index (χ3v) is 4.83. The van der Waals surface area contributed by atoms with E-state index in [4.69, 9.17) is 9.40 Å². The maximum atomic E-state index is 12.8. The Kier molecular flexibility index (Phi) is 5.61. The minimum absolute atomic E-state index is 0.199. The van der Waals surface area contributed by atoms with Gasteiger partial charge in [0.2, 0.25) is 5.95 Å². The molecule has 7 nitrogen and oxygen atoms in total. The van der Waals surface area contributed by atoms with Gasteiger partial charge < -0.3 is 14.6 Å². The number of hydrogen-bond donors (Lipinski definition) is 1. The van der Waals surface area contributed by atoms with Gasteiger partial charge >= 0.3 is 0 Å². The molecular formula is C21H23N5O2. The molecule has 144 valence electrons. The number of aromatic nitrogens is 3. The maximum absolute atomic E-state index is 12.8. The Hall–Kier alpha value is -3.22. The number of pyridine rings is 1. The van der Waals surface area contributed by atoms with E-state index in [0.29, 0.717) is 30.2 Å². The lowest BCUT2D eigenvalue weighted by Gasteiger charge is -2.27. The van der Waals surface area contributed by atoms with Crippen LogP contribution in [0.4, 0.5) is 5.95 Å². The predicted molar refractivity (Wildman–Crippen MR) is 106 cm³/mol. The standard InChI is InChI=1S/C21H23N5O2/c27-20(23-10-8-17-7-5-13-28-17)18-15-24-21(26-11-2-1-3-12-26)25-19(18)16-6-4-9-22-14-16/h4-7,9,13-15H,1-3,8,10-12H2,(H,23,27). The average Bonchev–Trinajstić information content (AvgIpc) is 3.28. The zero-order valence-electron chi connectivity index (χ0n) is 15.7. The number of amides is 1. The van der Waals surface area contributed by atoms with Crippen LogP contribution in [-0.4, -0.2) is 40.5 Å². The van der Waals surface area contributed by atoms with Gasteiger partial charge in [-0.1, -0.05) is 0 Å². The second kappa shape index (κ2) is 8.65. The Morgan fingerprint density at radius 3 is 2.79 bits per heavy atom. The highest BCUT2D eigenvalue weighted by atomic mass is 16.3. The van der Waals surface area contributed by atoms with Crippen molar-refractivity contribution in [2.75, 3.05) is 24.5 Å². The first kappa shape index (κ1) is 18.2. The molecule has 0 aliphatic carbocycles. The monoisotopic (exact) mass is 377 g/mol. The van der Waals surface area contributed by atoms with Crippen LogP contribution in [0, 0.1) is 0 Å². The molecule has 0 saturated carbocycles. The van der Waals surface area contributed by atoms with Crippen molar-refractivity contribution in [3.05, 3.63) is 60.4 Å². The summed E-state index contributed by atoms with van der Waals surface area (Å²) >= 11 is 0. The summed E-state index contributed by atoms with van der Waals surface area (Å²) in [6, 6.07) is 7.49. The van der Waals surface area contributed by atoms with E-state index in [0.717, 1.165) is 37.3 Å². The van der Waals surface area contributed by atoms with Gasteiger partial charge in [-0.05, 0) is 43.5 Å². The van der Waals surface area contributed by atoms with Gasteiger partial charge in [0.1, 0.15) is 5.76 Å². The number of furan rings is 1. The third-order valence-electron chi connectivity index (χ3n) is 4.83. The summed E-state index contributed by atoms with van der Waals surface area (Å²) in [5.41, 5.74) is 1.87. The number of carbonyl (C=O) groups is 1. The largest absolute Gasteiger partial charge is 0.469 e. The Balaban J connectivity index is 1.57. The molecule has 1 aliphatic rings. The minimum atomic E-state index is -0.199. The summed E-state index contributed by atoms with van der Waals surface area (Å²) in [7, 11) is 0. The van der Waals surface area contributed by atoms with Gasteiger partial charge in [-0.2, -0.15) is 0 Å². The summed E-state index contributed by atoms with van der Waals surface area (Å²) in [4.78, 5) is 28.4. The predicted octanol–water partition coefficient (Wildman–Crippen LogP) is 3.09. The lowest BCUT2D eigenvalue weighted by atomic mass is 10.1. The summed E-state index contributed by atoms with van der Waals surface area (Å²) < 4.78 is 5.31. The van der Waals surface area contributed by atoms with Gasteiger partial charge in [-0.3, -0.25) is 9.78 Å². The van der Waals surface area contributed by atoms with E-state index >= 15 is 0 Å². The minimum Gasteiger partial charge on any atom is -0.469 e. The van der Waals surface area contributed by atoms with Crippen molar-refractivity contribution in [3.63, 3.8) is 0 Å². The molecule has 4 rings (SSSR count). The Bertz CT molecular complexity index is 906. The summed E-state index contributed by atoms with van der Waals surface area (Å²) in [6.07, 6.45) is 10.8. The van der Waals surface area contributed by atoms with E-state index in [1.54, 1.807) is 24.9 Å². The van der Waals surface area contributed by atoms with Crippen molar-refractivity contribution in [1.29, 1.82) is 0 Å². The van der Waals surface area contributed by atoms with Crippen LogP contribution in [0.5, 0.6) is 0 Å². The molecule has 3 aromatic rings. The number of piperidine rings is 1. The second-order valence-corrected chi connectivity index (χ2v) is 6.81. The van der Waals surface area contributed by atoms with Crippen LogP contribution in [0.2, 0.25) is 0 Å². The van der Waals surface area contributed by atoms with E-state index in [9.17, 15) is 4.79 Å². The molecule has 0 atom stereocenters. The first-order chi connectivity index (χ1) is 13.8. The van der Waals surface area contributed by atoms with Crippen LogP contribution in [0.15, 0.2) is 53.5 Å². The van der Waals surface area contributed by atoms with Gasteiger partial charge in [0.15, 0.2) is 0 Å². The molecule has 7 heteroatoms. The van der Waals surface area contributed by atoms with E-state index in [2.05, 4.69) is 20.2 Å². The number of anilines is 1. The average molecular weight is 377 g/mol. The molecule has 0 aromatic carbocycles. The van der Waals surface area contributed by atoms with Crippen molar-refractivity contribution in [3.8, 4) is 11.3 Å². The normalized spacial score (nSPS) is 14.1. The molecule has 28 heavy (non-hydrogen) atoms. The van der Waals surface area contributed by atoms with E-state index in [1.807, 2.05) is 24.3 Å². The highest BCUT2D eigenvalue weighted by molar-refractivity contribution is 5.99. The van der Waals surface area contributed by atoms with Gasteiger partial charge in [0.05, 0.1) is 17.5 Å². The van der Waals surface area contributed by atoms with Crippen LogP contribution in [0.1, 0.15) is 35.4 Å². The molecular weight excluding hydrogens is 354 g/mol. The smallest absolute Gasteiger partial charge is 0.255 e. The highest BCUT2D eigenvalue weighted by Gasteiger charge is 2.20. The summed E-state index contributed by atoms with van der Waals surface area (Å²) in [5, 5.41) is 2.93. The lowest BCUT2D eigenvalue weighted by molar-refractivity contribution is 0.0953. The van der Waals surface area contributed by atoms with Crippen molar-refractivity contribution in [2.24, 2.45) is 0 Å². The van der Waals surface area contributed by atoms with Crippen LogP contribution >= 0.6 is 0 Å². The van der Waals surface area contributed by atoms with Crippen molar-refractivity contribution >= 4 is 11.9 Å². The number of nitrogens with one attached hydrogen (secondary N) is 1. The number of carbonyl (C=O) groups excluding carboxylic acids is 1. The molecule has 1 N–H and O–H groups in total. The topological polar surface area (TPSA) is 84.2 Å². The molecule has 0 bridgehead atoms. The molecule has 0 spiro atoms. The van der Waals surface area contributed by atoms with Crippen molar-refractivity contribution in [1.82, 2.24) is 20.3 Å². The fourth-order valence-electron chi connectivity index (χ4n) is 3.36. The quantitative estimate of drug-likeness (QED) is 0.711. The van der Waals surface area contributed by atoms with Crippen LogP contribution < -0.4 is 10.2 Å². The lowest BCUT2D eigenvalue weighted by Crippen LogP contribution is -2.32. The first-order valence-corrected chi connectivity index (χ1v) is 9.64. The molecule has 1 aliphatic heterocycles. The van der Waals surface area contributed by atoms with Gasteiger partial charge in [-0.25, -0.2) is 9.97 Å². The van der Waals surface area contributed by atoms with E-state index in [-0.39, 0.29) is 5.91 Å². The second-order valence-electron chi connectivity index (χ2n) is 6.81. The number of hydrogen-bond acceptors (Lipinski definition) is 6. The van der Waals surface area contributed by atoms with E-state index < -0.39 is 0 Å². The molecule has 1 saturated heterocycles. The van der Waals surface area contributed by atoms with E-state index in [1.165, 1.54) is 6.42 Å². The molecule has 0 radical (unpaired) electrons. The zero-order chi connectivity index (χ0) is 19.2. The summed E-state index contributed by atoms with van der Waals surface area (Å²) in [5.74, 6) is 1.31. The molecule has 3 aromatic heterocycles. The fraction of sp³-hybridized carbons (Fsp3) is 0.333. The SMILES string of the molecule is O=C(NCCc1ccco1)c1cnc(N2CCCCC2)nc1-c1cccnc1. The Labute approximate surface area is 163 Å².